The number of carbonyl (C=O) groups excluding carboxylic acids is 1. The molecule has 0 aliphatic heterocycles. The molecule has 0 aliphatic rings. The molecule has 0 atom stereocenters. The number of methoxy groups -OCH3 is 1. The Morgan fingerprint density at radius 1 is 0.968 bits per heavy atom. The molecule has 0 aliphatic carbocycles. The van der Waals surface area contributed by atoms with Crippen LogP contribution in [0.1, 0.15) is 27.0 Å². The topological polar surface area (TPSA) is 75.7 Å². The second kappa shape index (κ2) is 9.32. The van der Waals surface area contributed by atoms with Crippen LogP contribution in [0.4, 0.5) is 5.69 Å². The summed E-state index contributed by atoms with van der Waals surface area (Å²) >= 11 is 0. The van der Waals surface area contributed by atoms with Crippen molar-refractivity contribution in [1.82, 2.24) is 4.31 Å². The number of aryl methyl sites for hydroxylation is 2. The van der Waals surface area contributed by atoms with Gasteiger partial charge in [0.1, 0.15) is 5.75 Å². The second-order valence-electron chi connectivity index (χ2n) is 7.32. The summed E-state index contributed by atoms with van der Waals surface area (Å²) in [6, 6.07) is 19.0. The Bertz CT molecular complexity index is 1170. The van der Waals surface area contributed by atoms with E-state index in [0.29, 0.717) is 16.9 Å². The average molecular weight is 439 g/mol. The Morgan fingerprint density at radius 3 is 2.23 bits per heavy atom. The van der Waals surface area contributed by atoms with Gasteiger partial charge in [-0.15, -0.1) is 0 Å². The molecule has 6 nitrogen and oxygen atoms in total. The molecule has 0 radical (unpaired) electrons. The third-order valence-electron chi connectivity index (χ3n) is 5.11. The maximum atomic E-state index is 12.9. The van der Waals surface area contributed by atoms with Crippen LogP contribution in [0.15, 0.2) is 71.6 Å². The summed E-state index contributed by atoms with van der Waals surface area (Å²) in [4.78, 5) is 13.1. The van der Waals surface area contributed by atoms with Gasteiger partial charge in [0.15, 0.2) is 0 Å². The van der Waals surface area contributed by atoms with Crippen LogP contribution in [0, 0.1) is 13.8 Å². The van der Waals surface area contributed by atoms with Crippen LogP contribution in [0.2, 0.25) is 0 Å². The first-order valence-corrected chi connectivity index (χ1v) is 11.2. The molecule has 0 heterocycles. The molecule has 162 valence electrons. The maximum absolute atomic E-state index is 12.9. The zero-order valence-corrected chi connectivity index (χ0v) is 18.9. The lowest BCUT2D eigenvalue weighted by Gasteiger charge is -2.19. The fraction of sp³-hybridized carbons (Fsp3) is 0.208. The van der Waals surface area contributed by atoms with Gasteiger partial charge in [-0.25, -0.2) is 8.42 Å². The number of sulfonamides is 1. The minimum Gasteiger partial charge on any atom is -0.496 e. The molecule has 1 amide bonds. The highest BCUT2D eigenvalue weighted by molar-refractivity contribution is 7.89. The van der Waals surface area contributed by atoms with Gasteiger partial charge in [-0.3, -0.25) is 4.79 Å². The lowest BCUT2D eigenvalue weighted by atomic mass is 10.1. The summed E-state index contributed by atoms with van der Waals surface area (Å²) < 4.78 is 32.4. The highest BCUT2D eigenvalue weighted by Crippen LogP contribution is 2.26. The molecule has 7 heteroatoms. The van der Waals surface area contributed by atoms with Crippen molar-refractivity contribution in [3.63, 3.8) is 0 Å². The highest BCUT2D eigenvalue weighted by Gasteiger charge is 2.22. The molecular weight excluding hydrogens is 412 g/mol. The normalized spacial score (nSPS) is 11.4. The summed E-state index contributed by atoms with van der Waals surface area (Å²) in [5, 5.41) is 2.96. The summed E-state index contributed by atoms with van der Waals surface area (Å²) in [7, 11) is -0.658. The summed E-state index contributed by atoms with van der Waals surface area (Å²) in [6.45, 7) is 3.93. The predicted molar refractivity (Wildman–Crippen MR) is 122 cm³/mol. The van der Waals surface area contributed by atoms with Crippen LogP contribution in [-0.4, -0.2) is 32.8 Å². The van der Waals surface area contributed by atoms with Crippen molar-refractivity contribution >= 4 is 21.6 Å². The monoisotopic (exact) mass is 438 g/mol. The Morgan fingerprint density at radius 2 is 1.61 bits per heavy atom. The quantitative estimate of drug-likeness (QED) is 0.594. The summed E-state index contributed by atoms with van der Waals surface area (Å²) in [5.74, 6) is 0.244. The van der Waals surface area contributed by atoms with Crippen molar-refractivity contribution in [2.45, 2.75) is 25.3 Å². The van der Waals surface area contributed by atoms with Crippen LogP contribution < -0.4 is 10.1 Å². The molecule has 3 aromatic carbocycles. The van der Waals surface area contributed by atoms with Gasteiger partial charge in [0, 0.05) is 30.4 Å². The average Bonchev–Trinajstić information content (AvgIpc) is 2.76. The smallest absolute Gasteiger partial charge is 0.255 e. The number of amides is 1. The highest BCUT2D eigenvalue weighted by atomic mass is 32.2. The first kappa shape index (κ1) is 22.5. The van der Waals surface area contributed by atoms with Crippen LogP contribution in [-0.2, 0) is 16.6 Å². The number of para-hydroxylation sites is 1. The van der Waals surface area contributed by atoms with E-state index in [1.54, 1.807) is 48.5 Å². The van der Waals surface area contributed by atoms with Gasteiger partial charge in [-0.1, -0.05) is 36.4 Å². The molecule has 3 aromatic rings. The Labute approximate surface area is 183 Å². The molecular formula is C24H26N2O4S. The minimum atomic E-state index is -3.68. The van der Waals surface area contributed by atoms with Crippen molar-refractivity contribution in [2.75, 3.05) is 19.5 Å². The number of anilines is 1. The molecule has 0 aromatic heterocycles. The molecule has 1 N–H and O–H groups in total. The standard InChI is InChI=1S/C24H26N2O4S/c1-17-9-8-10-18(2)23(17)25-24(27)19-13-14-22(30-4)20(15-19)16-26(3)31(28,29)21-11-6-5-7-12-21/h5-15H,16H2,1-4H3,(H,25,27). The second-order valence-corrected chi connectivity index (χ2v) is 9.37. The van der Waals surface area contributed by atoms with Crippen LogP contribution in [0.5, 0.6) is 5.75 Å². The molecule has 0 saturated heterocycles. The number of hydrogen-bond acceptors (Lipinski definition) is 4. The van der Waals surface area contributed by atoms with E-state index in [1.165, 1.54) is 18.5 Å². The van der Waals surface area contributed by atoms with E-state index in [1.807, 2.05) is 32.0 Å². The van der Waals surface area contributed by atoms with Gasteiger partial charge in [-0.05, 0) is 55.3 Å². The molecule has 0 bridgehead atoms. The van der Waals surface area contributed by atoms with E-state index in [2.05, 4.69) is 5.32 Å². The van der Waals surface area contributed by atoms with E-state index >= 15 is 0 Å². The van der Waals surface area contributed by atoms with E-state index in [-0.39, 0.29) is 17.3 Å². The Hall–Kier alpha value is -3.16. The van der Waals surface area contributed by atoms with Gasteiger partial charge in [-0.2, -0.15) is 4.31 Å². The molecule has 0 unspecified atom stereocenters. The number of ether oxygens (including phenoxy) is 1. The van der Waals surface area contributed by atoms with E-state index in [4.69, 9.17) is 4.74 Å². The zero-order chi connectivity index (χ0) is 22.6. The number of carbonyl (C=O) groups is 1. The van der Waals surface area contributed by atoms with Crippen molar-refractivity contribution in [3.05, 3.63) is 89.0 Å². The molecule has 0 fully saturated rings. The van der Waals surface area contributed by atoms with Crippen LogP contribution in [0.3, 0.4) is 0 Å². The van der Waals surface area contributed by atoms with Gasteiger partial charge in [0.2, 0.25) is 10.0 Å². The number of benzene rings is 3. The predicted octanol–water partition coefficient (Wildman–Crippen LogP) is 4.39. The number of hydrogen-bond donors (Lipinski definition) is 1. The van der Waals surface area contributed by atoms with Crippen molar-refractivity contribution in [3.8, 4) is 5.75 Å². The van der Waals surface area contributed by atoms with Gasteiger partial charge < -0.3 is 10.1 Å². The van der Waals surface area contributed by atoms with E-state index < -0.39 is 10.0 Å². The summed E-state index contributed by atoms with van der Waals surface area (Å²) in [6.07, 6.45) is 0. The van der Waals surface area contributed by atoms with Crippen LogP contribution in [0.25, 0.3) is 0 Å². The molecule has 3 rings (SSSR count). The summed E-state index contributed by atoms with van der Waals surface area (Å²) in [5.41, 5.74) is 3.72. The minimum absolute atomic E-state index is 0.0604. The third-order valence-corrected chi connectivity index (χ3v) is 6.92. The van der Waals surface area contributed by atoms with E-state index in [0.717, 1.165) is 16.8 Å². The van der Waals surface area contributed by atoms with Crippen molar-refractivity contribution < 1.29 is 17.9 Å². The fourth-order valence-electron chi connectivity index (χ4n) is 3.34. The van der Waals surface area contributed by atoms with Gasteiger partial charge >= 0.3 is 0 Å². The first-order chi connectivity index (χ1) is 14.7. The van der Waals surface area contributed by atoms with Gasteiger partial charge in [0.05, 0.1) is 12.0 Å². The number of rotatable bonds is 7. The zero-order valence-electron chi connectivity index (χ0n) is 18.0. The Balaban J connectivity index is 1.88. The molecule has 0 spiro atoms. The van der Waals surface area contributed by atoms with E-state index in [9.17, 15) is 13.2 Å². The lowest BCUT2D eigenvalue weighted by Crippen LogP contribution is -2.27. The largest absolute Gasteiger partial charge is 0.496 e. The third kappa shape index (κ3) is 4.95. The number of nitrogens with one attached hydrogen (secondary N) is 1. The molecule has 31 heavy (non-hydrogen) atoms. The SMILES string of the molecule is COc1ccc(C(=O)Nc2c(C)cccc2C)cc1CN(C)S(=O)(=O)c1ccccc1. The van der Waals surface area contributed by atoms with Crippen molar-refractivity contribution in [2.24, 2.45) is 0 Å². The Kier molecular flexibility index (Phi) is 6.77. The molecule has 0 saturated carbocycles. The number of nitrogens with zero attached hydrogens (tertiary/aromatic N) is 1. The lowest BCUT2D eigenvalue weighted by molar-refractivity contribution is 0.102. The van der Waals surface area contributed by atoms with Gasteiger partial charge in [0.25, 0.3) is 5.91 Å². The maximum Gasteiger partial charge on any atom is 0.255 e. The first-order valence-electron chi connectivity index (χ1n) is 9.80. The van der Waals surface area contributed by atoms with Crippen LogP contribution >= 0.6 is 0 Å². The fourth-order valence-corrected chi connectivity index (χ4v) is 4.51. The van der Waals surface area contributed by atoms with Crippen molar-refractivity contribution in [1.29, 1.82) is 0 Å².